The molecule has 0 spiro atoms. The van der Waals surface area contributed by atoms with Crippen LogP contribution in [0, 0.1) is 0 Å². The normalized spacial score (nSPS) is 11.6. The van der Waals surface area contributed by atoms with Gasteiger partial charge in [-0.25, -0.2) is 8.42 Å². The van der Waals surface area contributed by atoms with Gasteiger partial charge in [0.15, 0.2) is 9.84 Å². The van der Waals surface area contributed by atoms with Gasteiger partial charge in [-0.05, 0) is 37.0 Å². The van der Waals surface area contributed by atoms with E-state index in [-0.39, 0.29) is 5.75 Å². The van der Waals surface area contributed by atoms with Gasteiger partial charge in [0, 0.05) is 5.33 Å². The Morgan fingerprint density at radius 3 is 2.69 bits per heavy atom. The summed E-state index contributed by atoms with van der Waals surface area (Å²) in [6, 6.07) is 7.29. The van der Waals surface area contributed by atoms with Crippen molar-refractivity contribution in [3.8, 4) is 0 Å². The maximum Gasteiger partial charge on any atom is 0.178 e. The van der Waals surface area contributed by atoms with Crippen LogP contribution in [-0.2, 0) is 16.3 Å². The van der Waals surface area contributed by atoms with Gasteiger partial charge in [0.1, 0.15) is 0 Å². The highest BCUT2D eigenvalue weighted by molar-refractivity contribution is 9.09. The fraction of sp³-hybridized carbons (Fsp3) is 0.500. The predicted molar refractivity (Wildman–Crippen MR) is 70.9 cm³/mol. The molecule has 0 aliphatic rings. The molecule has 1 rings (SSSR count). The van der Waals surface area contributed by atoms with Crippen molar-refractivity contribution < 1.29 is 8.42 Å². The lowest BCUT2D eigenvalue weighted by Gasteiger charge is -2.05. The van der Waals surface area contributed by atoms with Crippen LogP contribution in [0.15, 0.2) is 29.2 Å². The molecule has 1 aromatic carbocycles. The number of alkyl halides is 1. The first kappa shape index (κ1) is 13.7. The van der Waals surface area contributed by atoms with E-state index in [9.17, 15) is 8.42 Å². The quantitative estimate of drug-likeness (QED) is 0.756. The van der Waals surface area contributed by atoms with Crippen molar-refractivity contribution in [1.29, 1.82) is 0 Å². The Balaban J connectivity index is 2.89. The Labute approximate surface area is 106 Å². The van der Waals surface area contributed by atoms with E-state index in [2.05, 4.69) is 15.9 Å². The Morgan fingerprint density at radius 2 is 2.06 bits per heavy atom. The van der Waals surface area contributed by atoms with Crippen molar-refractivity contribution in [3.05, 3.63) is 29.8 Å². The molecule has 0 saturated heterocycles. The number of hydrogen-bond acceptors (Lipinski definition) is 2. The van der Waals surface area contributed by atoms with Crippen LogP contribution in [-0.4, -0.2) is 19.5 Å². The Morgan fingerprint density at radius 1 is 1.31 bits per heavy atom. The first-order valence-electron chi connectivity index (χ1n) is 5.48. The molecule has 0 fully saturated rings. The first-order valence-corrected chi connectivity index (χ1v) is 8.25. The van der Waals surface area contributed by atoms with Gasteiger partial charge in [-0.1, -0.05) is 35.0 Å². The van der Waals surface area contributed by atoms with Gasteiger partial charge >= 0.3 is 0 Å². The fourth-order valence-electron chi connectivity index (χ4n) is 1.55. The molecule has 1 aromatic rings. The van der Waals surface area contributed by atoms with Gasteiger partial charge < -0.3 is 0 Å². The second-order valence-corrected chi connectivity index (χ2v) is 6.66. The molecular formula is C12H17BrO2S. The highest BCUT2D eigenvalue weighted by atomic mass is 79.9. The van der Waals surface area contributed by atoms with Gasteiger partial charge in [-0.2, -0.15) is 0 Å². The number of rotatable bonds is 6. The van der Waals surface area contributed by atoms with Gasteiger partial charge in [0.05, 0.1) is 10.6 Å². The smallest absolute Gasteiger partial charge is 0.178 e. The molecule has 0 saturated carbocycles. The van der Waals surface area contributed by atoms with Crippen LogP contribution in [0.5, 0.6) is 0 Å². The van der Waals surface area contributed by atoms with Gasteiger partial charge in [-0.15, -0.1) is 0 Å². The minimum Gasteiger partial charge on any atom is -0.224 e. The number of hydrogen-bond donors (Lipinski definition) is 0. The van der Waals surface area contributed by atoms with Gasteiger partial charge in [0.2, 0.25) is 0 Å². The number of sulfone groups is 1. The number of benzene rings is 1. The van der Waals surface area contributed by atoms with Crippen LogP contribution < -0.4 is 0 Å². The molecule has 0 unspecified atom stereocenters. The van der Waals surface area contributed by atoms with E-state index in [0.717, 1.165) is 23.7 Å². The summed E-state index contributed by atoms with van der Waals surface area (Å²) in [4.78, 5) is 0.460. The molecule has 0 atom stereocenters. The molecule has 0 heterocycles. The lowest BCUT2D eigenvalue weighted by Crippen LogP contribution is -2.06. The molecule has 0 radical (unpaired) electrons. The molecular weight excluding hydrogens is 288 g/mol. The molecule has 16 heavy (non-hydrogen) atoms. The minimum atomic E-state index is -3.07. The van der Waals surface area contributed by atoms with Crippen molar-refractivity contribution in [2.75, 3.05) is 11.1 Å². The molecule has 0 N–H and O–H groups in total. The summed E-state index contributed by atoms with van der Waals surface area (Å²) >= 11 is 3.37. The molecule has 0 aromatic heterocycles. The molecule has 0 aliphatic carbocycles. The second-order valence-electron chi connectivity index (χ2n) is 3.76. The number of aryl methyl sites for hydroxylation is 1. The summed E-state index contributed by atoms with van der Waals surface area (Å²) in [6.45, 7) is 1.88. The molecule has 4 heteroatoms. The SMILES string of the molecule is CCCS(=O)(=O)c1cccc(CCCBr)c1. The number of halogens is 1. The Bertz CT molecular complexity index is 426. The van der Waals surface area contributed by atoms with Crippen molar-refractivity contribution in [2.45, 2.75) is 31.1 Å². The largest absolute Gasteiger partial charge is 0.224 e. The van der Waals surface area contributed by atoms with Crippen LogP contribution in [0.3, 0.4) is 0 Å². The summed E-state index contributed by atoms with van der Waals surface area (Å²) in [6.07, 6.45) is 2.60. The summed E-state index contributed by atoms with van der Waals surface area (Å²) in [7, 11) is -3.07. The molecule has 0 aliphatic heterocycles. The van der Waals surface area contributed by atoms with Crippen molar-refractivity contribution in [3.63, 3.8) is 0 Å². The zero-order valence-electron chi connectivity index (χ0n) is 9.45. The maximum absolute atomic E-state index is 11.8. The monoisotopic (exact) mass is 304 g/mol. The van der Waals surface area contributed by atoms with Gasteiger partial charge in [0.25, 0.3) is 0 Å². The van der Waals surface area contributed by atoms with Crippen LogP contribution in [0.1, 0.15) is 25.3 Å². The topological polar surface area (TPSA) is 34.1 Å². The third kappa shape index (κ3) is 3.91. The van der Waals surface area contributed by atoms with Crippen molar-refractivity contribution >= 4 is 25.8 Å². The van der Waals surface area contributed by atoms with E-state index in [1.54, 1.807) is 12.1 Å². The highest BCUT2D eigenvalue weighted by Crippen LogP contribution is 2.15. The standard InChI is InChI=1S/C12H17BrO2S/c1-2-9-16(14,15)12-7-3-5-11(10-12)6-4-8-13/h3,5,7,10H,2,4,6,8-9H2,1H3. The van der Waals surface area contributed by atoms with E-state index in [1.165, 1.54) is 0 Å². The van der Waals surface area contributed by atoms with Crippen molar-refractivity contribution in [1.82, 2.24) is 0 Å². The summed E-state index contributed by atoms with van der Waals surface area (Å²) in [5.41, 5.74) is 1.09. The Hall–Kier alpha value is -0.350. The van der Waals surface area contributed by atoms with E-state index >= 15 is 0 Å². The third-order valence-corrected chi connectivity index (χ3v) is 4.81. The van der Waals surface area contributed by atoms with E-state index in [1.807, 2.05) is 19.1 Å². The zero-order valence-corrected chi connectivity index (χ0v) is 11.9. The Kier molecular flexibility index (Phi) is 5.49. The van der Waals surface area contributed by atoms with Crippen LogP contribution in [0.4, 0.5) is 0 Å². The average Bonchev–Trinajstić information content (AvgIpc) is 2.27. The molecule has 0 amide bonds. The lowest BCUT2D eigenvalue weighted by molar-refractivity contribution is 0.594. The van der Waals surface area contributed by atoms with E-state index in [0.29, 0.717) is 11.3 Å². The second kappa shape index (κ2) is 6.40. The first-order chi connectivity index (χ1) is 7.60. The predicted octanol–water partition coefficient (Wildman–Crippen LogP) is 3.20. The molecule has 2 nitrogen and oxygen atoms in total. The van der Waals surface area contributed by atoms with Crippen molar-refractivity contribution in [2.24, 2.45) is 0 Å². The van der Waals surface area contributed by atoms with Gasteiger partial charge in [-0.3, -0.25) is 0 Å². The third-order valence-electron chi connectivity index (χ3n) is 2.33. The van der Waals surface area contributed by atoms with Crippen LogP contribution in [0.25, 0.3) is 0 Å². The summed E-state index contributed by atoms with van der Waals surface area (Å²) < 4.78 is 23.7. The molecule has 0 bridgehead atoms. The van der Waals surface area contributed by atoms with Crippen LogP contribution >= 0.6 is 15.9 Å². The van der Waals surface area contributed by atoms with E-state index in [4.69, 9.17) is 0 Å². The minimum absolute atomic E-state index is 0.231. The highest BCUT2D eigenvalue weighted by Gasteiger charge is 2.12. The summed E-state index contributed by atoms with van der Waals surface area (Å²) in [5, 5.41) is 0.943. The molecule has 90 valence electrons. The van der Waals surface area contributed by atoms with E-state index < -0.39 is 9.84 Å². The lowest BCUT2D eigenvalue weighted by atomic mass is 10.1. The van der Waals surface area contributed by atoms with Crippen LogP contribution in [0.2, 0.25) is 0 Å². The fourth-order valence-corrected chi connectivity index (χ4v) is 3.22. The zero-order chi connectivity index (χ0) is 12.0. The summed E-state index contributed by atoms with van der Waals surface area (Å²) in [5.74, 6) is 0.231. The average molecular weight is 305 g/mol. The maximum atomic E-state index is 11.8.